The zero-order valence-corrected chi connectivity index (χ0v) is 10.3. The molecule has 6 heteroatoms. The van der Waals surface area contributed by atoms with Crippen LogP contribution >= 0.6 is 0 Å². The van der Waals surface area contributed by atoms with Gasteiger partial charge in [-0.15, -0.1) is 0 Å². The number of anilines is 1. The predicted molar refractivity (Wildman–Crippen MR) is 63.6 cm³/mol. The van der Waals surface area contributed by atoms with E-state index in [1.54, 1.807) is 25.4 Å². The summed E-state index contributed by atoms with van der Waals surface area (Å²) >= 11 is 0. The van der Waals surface area contributed by atoms with Gasteiger partial charge in [0.15, 0.2) is 0 Å². The first-order valence-corrected chi connectivity index (χ1v) is 6.99. The first-order valence-electron chi connectivity index (χ1n) is 4.93. The standard InChI is InChI=1S/C10H16N2O3S/c1-15-9-4-5-10(12-8-9)11-6-3-7-16(2,13)14/h4-5,8H,3,6-7H2,1-2H3,(H,11,12). The summed E-state index contributed by atoms with van der Waals surface area (Å²) in [5.41, 5.74) is 0. The van der Waals surface area contributed by atoms with Crippen molar-refractivity contribution < 1.29 is 13.2 Å². The van der Waals surface area contributed by atoms with Gasteiger partial charge in [0.2, 0.25) is 0 Å². The van der Waals surface area contributed by atoms with E-state index in [0.717, 1.165) is 0 Å². The average Bonchev–Trinajstić information content (AvgIpc) is 2.24. The number of hydrogen-bond acceptors (Lipinski definition) is 5. The molecule has 1 N–H and O–H groups in total. The highest BCUT2D eigenvalue weighted by atomic mass is 32.2. The lowest BCUT2D eigenvalue weighted by atomic mass is 10.4. The summed E-state index contributed by atoms with van der Waals surface area (Å²) in [5.74, 6) is 1.60. The molecule has 0 aliphatic carbocycles. The molecule has 0 radical (unpaired) electrons. The van der Waals surface area contributed by atoms with Crippen LogP contribution in [-0.4, -0.2) is 39.1 Å². The number of pyridine rings is 1. The Morgan fingerprint density at radius 1 is 1.44 bits per heavy atom. The predicted octanol–water partition coefficient (Wildman–Crippen LogP) is 0.937. The van der Waals surface area contributed by atoms with Gasteiger partial charge in [0.05, 0.1) is 19.1 Å². The van der Waals surface area contributed by atoms with Gasteiger partial charge in [-0.1, -0.05) is 0 Å². The van der Waals surface area contributed by atoms with E-state index in [2.05, 4.69) is 10.3 Å². The number of aromatic nitrogens is 1. The second kappa shape index (κ2) is 5.69. The van der Waals surface area contributed by atoms with Gasteiger partial charge in [0.25, 0.3) is 0 Å². The van der Waals surface area contributed by atoms with Crippen molar-refractivity contribution in [3.63, 3.8) is 0 Å². The van der Waals surface area contributed by atoms with Crippen molar-refractivity contribution in [1.82, 2.24) is 4.98 Å². The Morgan fingerprint density at radius 2 is 2.19 bits per heavy atom. The van der Waals surface area contributed by atoms with Crippen LogP contribution in [0.15, 0.2) is 18.3 Å². The Morgan fingerprint density at radius 3 is 2.69 bits per heavy atom. The van der Waals surface area contributed by atoms with Crippen molar-refractivity contribution in [2.45, 2.75) is 6.42 Å². The molecule has 0 aliphatic heterocycles. The average molecular weight is 244 g/mol. The fourth-order valence-electron chi connectivity index (χ4n) is 1.16. The molecule has 5 nitrogen and oxygen atoms in total. The van der Waals surface area contributed by atoms with E-state index >= 15 is 0 Å². The molecular weight excluding hydrogens is 228 g/mol. The topological polar surface area (TPSA) is 68.3 Å². The maximum absolute atomic E-state index is 10.9. The molecule has 0 bridgehead atoms. The van der Waals surface area contributed by atoms with Gasteiger partial charge in [-0.05, 0) is 18.6 Å². The highest BCUT2D eigenvalue weighted by Gasteiger charge is 2.01. The van der Waals surface area contributed by atoms with Crippen molar-refractivity contribution >= 4 is 15.7 Å². The highest BCUT2D eigenvalue weighted by molar-refractivity contribution is 7.90. The number of hydrogen-bond donors (Lipinski definition) is 1. The van der Waals surface area contributed by atoms with Gasteiger partial charge in [-0.2, -0.15) is 0 Å². The van der Waals surface area contributed by atoms with Crippen molar-refractivity contribution in [2.24, 2.45) is 0 Å². The molecule has 0 aromatic carbocycles. The number of ether oxygens (including phenoxy) is 1. The van der Waals surface area contributed by atoms with E-state index in [1.165, 1.54) is 6.26 Å². The van der Waals surface area contributed by atoms with Crippen molar-refractivity contribution in [3.05, 3.63) is 18.3 Å². The largest absolute Gasteiger partial charge is 0.495 e. The maximum Gasteiger partial charge on any atom is 0.147 e. The Hall–Kier alpha value is -1.30. The minimum Gasteiger partial charge on any atom is -0.495 e. The summed E-state index contributed by atoms with van der Waals surface area (Å²) < 4.78 is 26.7. The molecule has 1 aromatic heterocycles. The third kappa shape index (κ3) is 4.97. The monoisotopic (exact) mass is 244 g/mol. The molecule has 0 amide bonds. The molecule has 1 rings (SSSR count). The van der Waals surface area contributed by atoms with Gasteiger partial charge >= 0.3 is 0 Å². The number of nitrogens with one attached hydrogen (secondary N) is 1. The summed E-state index contributed by atoms with van der Waals surface area (Å²) in [6, 6.07) is 3.59. The highest BCUT2D eigenvalue weighted by Crippen LogP contribution is 2.10. The number of nitrogens with zero attached hydrogens (tertiary/aromatic N) is 1. The maximum atomic E-state index is 10.9. The zero-order valence-electron chi connectivity index (χ0n) is 9.43. The molecule has 1 aromatic rings. The van der Waals surface area contributed by atoms with Crippen LogP contribution in [0.2, 0.25) is 0 Å². The molecule has 0 unspecified atom stereocenters. The fraction of sp³-hybridized carbons (Fsp3) is 0.500. The third-order valence-electron chi connectivity index (χ3n) is 1.97. The van der Waals surface area contributed by atoms with Crippen LogP contribution in [0.4, 0.5) is 5.82 Å². The van der Waals surface area contributed by atoms with Crippen molar-refractivity contribution in [3.8, 4) is 5.75 Å². The number of sulfone groups is 1. The van der Waals surface area contributed by atoms with Gasteiger partial charge in [0.1, 0.15) is 21.4 Å². The quantitative estimate of drug-likeness (QED) is 0.754. The molecule has 1 heterocycles. The van der Waals surface area contributed by atoms with E-state index in [-0.39, 0.29) is 5.75 Å². The second-order valence-electron chi connectivity index (χ2n) is 3.49. The third-order valence-corrected chi connectivity index (χ3v) is 3.00. The Balaban J connectivity index is 2.32. The summed E-state index contributed by atoms with van der Waals surface area (Å²) in [5, 5.41) is 3.04. The summed E-state index contributed by atoms with van der Waals surface area (Å²) in [4.78, 5) is 4.10. The van der Waals surface area contributed by atoms with E-state index in [9.17, 15) is 8.42 Å². The molecule has 0 saturated heterocycles. The molecule has 90 valence electrons. The van der Waals surface area contributed by atoms with Gasteiger partial charge in [-0.3, -0.25) is 0 Å². The normalized spacial score (nSPS) is 11.1. The van der Waals surface area contributed by atoms with E-state index in [0.29, 0.717) is 24.5 Å². The first kappa shape index (κ1) is 12.8. The van der Waals surface area contributed by atoms with Gasteiger partial charge < -0.3 is 10.1 Å². The molecular formula is C10H16N2O3S. The summed E-state index contributed by atoms with van der Waals surface area (Å²) in [6.07, 6.45) is 3.42. The van der Waals surface area contributed by atoms with Crippen molar-refractivity contribution in [1.29, 1.82) is 0 Å². The van der Waals surface area contributed by atoms with Gasteiger partial charge in [-0.25, -0.2) is 13.4 Å². The summed E-state index contributed by atoms with van der Waals surface area (Å²) in [6.45, 7) is 0.590. The molecule has 0 fully saturated rings. The molecule has 0 spiro atoms. The zero-order chi connectivity index (χ0) is 12.0. The molecule has 16 heavy (non-hydrogen) atoms. The Kier molecular flexibility index (Phi) is 4.54. The minimum atomic E-state index is -2.87. The number of rotatable bonds is 6. The van der Waals surface area contributed by atoms with E-state index < -0.39 is 9.84 Å². The lowest BCUT2D eigenvalue weighted by molar-refractivity contribution is 0.413. The summed E-state index contributed by atoms with van der Waals surface area (Å²) in [7, 11) is -1.29. The van der Waals surface area contributed by atoms with Crippen LogP contribution in [0.25, 0.3) is 0 Å². The van der Waals surface area contributed by atoms with E-state index in [1.807, 2.05) is 0 Å². The Labute approximate surface area is 95.8 Å². The minimum absolute atomic E-state index is 0.191. The fourth-order valence-corrected chi connectivity index (χ4v) is 1.83. The molecule has 0 atom stereocenters. The van der Waals surface area contributed by atoms with Crippen LogP contribution in [0.5, 0.6) is 5.75 Å². The van der Waals surface area contributed by atoms with Crippen LogP contribution in [0, 0.1) is 0 Å². The smallest absolute Gasteiger partial charge is 0.147 e. The van der Waals surface area contributed by atoms with Crippen LogP contribution < -0.4 is 10.1 Å². The number of methoxy groups -OCH3 is 1. The van der Waals surface area contributed by atoms with Crippen LogP contribution in [0.1, 0.15) is 6.42 Å². The first-order chi connectivity index (χ1) is 7.51. The molecule has 0 aliphatic rings. The molecule has 0 saturated carbocycles. The lowest BCUT2D eigenvalue weighted by Crippen LogP contribution is -2.10. The lowest BCUT2D eigenvalue weighted by Gasteiger charge is -2.05. The van der Waals surface area contributed by atoms with E-state index in [4.69, 9.17) is 4.74 Å². The second-order valence-corrected chi connectivity index (χ2v) is 5.75. The van der Waals surface area contributed by atoms with Gasteiger partial charge in [0, 0.05) is 12.8 Å². The van der Waals surface area contributed by atoms with Crippen LogP contribution in [-0.2, 0) is 9.84 Å². The Bertz CT molecular complexity index is 414. The SMILES string of the molecule is COc1ccc(NCCCS(C)(=O)=O)nc1. The van der Waals surface area contributed by atoms with Crippen LogP contribution in [0.3, 0.4) is 0 Å². The van der Waals surface area contributed by atoms with Crippen molar-refractivity contribution in [2.75, 3.05) is 31.0 Å².